The fourth-order valence-electron chi connectivity index (χ4n) is 4.43. The number of rotatable bonds is 8. The van der Waals surface area contributed by atoms with Gasteiger partial charge in [0.15, 0.2) is 0 Å². The molecule has 1 fully saturated rings. The molecule has 2 N–H and O–H groups in total. The molecule has 1 aromatic heterocycles. The molecule has 174 valence electrons. The number of thiazole rings is 1. The van der Waals surface area contributed by atoms with Gasteiger partial charge in [-0.3, -0.25) is 0 Å². The average Bonchev–Trinajstić information content (AvgIpc) is 3.43. The predicted octanol–water partition coefficient (Wildman–Crippen LogP) is 5.38. The third-order valence-corrected chi connectivity index (χ3v) is 9.21. The van der Waals surface area contributed by atoms with Crippen molar-refractivity contribution in [1.82, 2.24) is 9.71 Å². The molecule has 0 radical (unpaired) electrons. The maximum Gasteiger partial charge on any atom is 0.215 e. The summed E-state index contributed by atoms with van der Waals surface area (Å²) in [5.74, 6) is 0.827. The minimum atomic E-state index is -3.22. The molecule has 6 nitrogen and oxygen atoms in total. The summed E-state index contributed by atoms with van der Waals surface area (Å²) in [5, 5.41) is 3.96. The van der Waals surface area contributed by atoms with E-state index in [-0.39, 0.29) is 17.4 Å². The Labute approximate surface area is 199 Å². The van der Waals surface area contributed by atoms with Gasteiger partial charge in [0.25, 0.3) is 0 Å². The van der Waals surface area contributed by atoms with Crippen molar-refractivity contribution < 1.29 is 13.2 Å². The third-order valence-electron chi connectivity index (χ3n) is 6.17. The molecule has 0 amide bonds. The zero-order chi connectivity index (χ0) is 23.2. The molecule has 2 aliphatic rings. The molecular weight excluding hydrogens is 454 g/mol. The highest BCUT2D eigenvalue weighted by Crippen LogP contribution is 2.42. The number of ether oxygens (including phenoxy) is 1. The van der Waals surface area contributed by atoms with Gasteiger partial charge >= 0.3 is 0 Å². The Morgan fingerprint density at radius 1 is 1.15 bits per heavy atom. The van der Waals surface area contributed by atoms with Crippen molar-refractivity contribution in [2.45, 2.75) is 56.9 Å². The van der Waals surface area contributed by atoms with E-state index in [1.807, 2.05) is 45.3 Å². The van der Waals surface area contributed by atoms with E-state index in [2.05, 4.69) is 28.2 Å². The average molecular weight is 484 g/mol. The van der Waals surface area contributed by atoms with E-state index in [9.17, 15) is 8.42 Å². The van der Waals surface area contributed by atoms with Gasteiger partial charge < -0.3 is 10.1 Å². The Morgan fingerprint density at radius 2 is 1.97 bits per heavy atom. The van der Waals surface area contributed by atoms with Gasteiger partial charge in [0.05, 0.1) is 21.9 Å². The summed E-state index contributed by atoms with van der Waals surface area (Å²) in [7, 11) is -1.33. The number of nitrogens with zero attached hydrogens (tertiary/aromatic N) is 1. The Bertz CT molecular complexity index is 1280. The van der Waals surface area contributed by atoms with Gasteiger partial charge in [-0.2, -0.15) is 0 Å². The summed E-state index contributed by atoms with van der Waals surface area (Å²) in [4.78, 5) is 5.80. The van der Waals surface area contributed by atoms with Crippen molar-refractivity contribution in [3.05, 3.63) is 53.7 Å². The topological polar surface area (TPSA) is 80.3 Å². The first-order valence-electron chi connectivity index (χ1n) is 11.4. The second kappa shape index (κ2) is 8.74. The molecule has 0 spiro atoms. The van der Waals surface area contributed by atoms with Crippen LogP contribution in [-0.2, 0) is 16.4 Å². The second-order valence-corrected chi connectivity index (χ2v) is 12.0. The zero-order valence-electron chi connectivity index (χ0n) is 19.1. The largest absolute Gasteiger partial charge is 0.489 e. The van der Waals surface area contributed by atoms with Gasteiger partial charge in [-0.05, 0) is 74.4 Å². The summed E-state index contributed by atoms with van der Waals surface area (Å²) in [5.41, 5.74) is 5.45. The first kappa shape index (κ1) is 22.4. The molecule has 0 aliphatic heterocycles. The van der Waals surface area contributed by atoms with E-state index >= 15 is 0 Å². The van der Waals surface area contributed by atoms with Crippen LogP contribution in [0.5, 0.6) is 5.75 Å². The van der Waals surface area contributed by atoms with Crippen LogP contribution >= 0.6 is 11.3 Å². The summed E-state index contributed by atoms with van der Waals surface area (Å²) < 4.78 is 33.8. The van der Waals surface area contributed by atoms with Crippen LogP contribution in [0, 0.1) is 0 Å². The highest BCUT2D eigenvalue weighted by molar-refractivity contribution is 7.90. The third kappa shape index (κ3) is 4.52. The number of nitrogens with one attached hydrogen (secondary N) is 2. The first-order chi connectivity index (χ1) is 15.9. The van der Waals surface area contributed by atoms with Crippen LogP contribution in [0.25, 0.3) is 21.0 Å². The normalized spacial score (nSPS) is 17.9. The van der Waals surface area contributed by atoms with Crippen LogP contribution in [0.2, 0.25) is 0 Å². The minimum Gasteiger partial charge on any atom is -0.489 e. The molecule has 0 bridgehead atoms. The van der Waals surface area contributed by atoms with Crippen molar-refractivity contribution in [2.75, 3.05) is 12.4 Å². The van der Waals surface area contributed by atoms with Crippen LogP contribution in [0.15, 0.2) is 42.6 Å². The molecule has 1 atom stereocenters. The second-order valence-electron chi connectivity index (χ2n) is 8.98. The van der Waals surface area contributed by atoms with E-state index in [0.29, 0.717) is 0 Å². The monoisotopic (exact) mass is 483 g/mol. The van der Waals surface area contributed by atoms with E-state index in [1.54, 1.807) is 11.3 Å². The molecule has 33 heavy (non-hydrogen) atoms. The Morgan fingerprint density at radius 3 is 2.70 bits per heavy atom. The van der Waals surface area contributed by atoms with Gasteiger partial charge in [0.2, 0.25) is 10.0 Å². The molecule has 0 unspecified atom stereocenters. The lowest BCUT2D eigenvalue weighted by Gasteiger charge is -2.15. The molecule has 3 aromatic rings. The highest BCUT2D eigenvalue weighted by atomic mass is 32.2. The number of benzene rings is 2. The van der Waals surface area contributed by atoms with Crippen molar-refractivity contribution in [3.63, 3.8) is 0 Å². The molecule has 0 saturated heterocycles. The predicted molar refractivity (Wildman–Crippen MR) is 134 cm³/mol. The molecule has 2 aliphatic carbocycles. The highest BCUT2D eigenvalue weighted by Gasteiger charge is 2.38. The van der Waals surface area contributed by atoms with E-state index < -0.39 is 10.0 Å². The summed E-state index contributed by atoms with van der Waals surface area (Å²) in [6, 6.07) is 12.2. The van der Waals surface area contributed by atoms with Crippen LogP contribution in [0.3, 0.4) is 0 Å². The van der Waals surface area contributed by atoms with Crippen molar-refractivity contribution in [3.8, 4) is 26.8 Å². The quantitative estimate of drug-likeness (QED) is 0.450. The van der Waals surface area contributed by atoms with Gasteiger partial charge in [-0.25, -0.2) is 18.1 Å². The molecule has 2 aromatic carbocycles. The van der Waals surface area contributed by atoms with E-state index in [0.717, 1.165) is 63.7 Å². The smallest absolute Gasteiger partial charge is 0.215 e. The number of sulfonamides is 1. The summed E-state index contributed by atoms with van der Waals surface area (Å²) in [6.45, 7) is 4.03. The lowest BCUT2D eigenvalue weighted by molar-refractivity contribution is 0.244. The fourth-order valence-corrected chi connectivity index (χ4v) is 6.98. The minimum absolute atomic E-state index is 0.104. The van der Waals surface area contributed by atoms with Crippen molar-refractivity contribution in [1.29, 1.82) is 0 Å². The van der Waals surface area contributed by atoms with Gasteiger partial charge in [0, 0.05) is 24.8 Å². The molecule has 8 heteroatoms. The first-order valence-corrected chi connectivity index (χ1v) is 13.8. The lowest BCUT2D eigenvalue weighted by Crippen LogP contribution is -2.30. The van der Waals surface area contributed by atoms with Crippen LogP contribution in [-0.4, -0.2) is 31.8 Å². The summed E-state index contributed by atoms with van der Waals surface area (Å²) in [6.07, 6.45) is 5.24. The SMILES string of the molecule is CNc1cc(-c2ncc(-c3cccc4c3CC[C@@H]4NS(=O)(=O)C3CC3)s2)ccc1OC(C)C. The molecule has 1 saturated carbocycles. The van der Waals surface area contributed by atoms with E-state index in [1.165, 1.54) is 5.56 Å². The van der Waals surface area contributed by atoms with Crippen LogP contribution < -0.4 is 14.8 Å². The van der Waals surface area contributed by atoms with Crippen LogP contribution in [0.1, 0.15) is 50.3 Å². The number of anilines is 1. The summed E-state index contributed by atoms with van der Waals surface area (Å²) >= 11 is 1.65. The van der Waals surface area contributed by atoms with Crippen LogP contribution in [0.4, 0.5) is 5.69 Å². The van der Waals surface area contributed by atoms with Gasteiger partial charge in [0.1, 0.15) is 10.8 Å². The maximum atomic E-state index is 12.5. The van der Waals surface area contributed by atoms with Gasteiger partial charge in [-0.15, -0.1) is 11.3 Å². The van der Waals surface area contributed by atoms with E-state index in [4.69, 9.17) is 9.72 Å². The number of fused-ring (bicyclic) bond motifs is 1. The number of hydrogen-bond donors (Lipinski definition) is 2. The molecule has 1 heterocycles. The number of hydrogen-bond acceptors (Lipinski definition) is 6. The van der Waals surface area contributed by atoms with Crippen molar-refractivity contribution >= 4 is 27.0 Å². The maximum absolute atomic E-state index is 12.5. The number of aromatic nitrogens is 1. The zero-order valence-corrected chi connectivity index (χ0v) is 20.7. The van der Waals surface area contributed by atoms with Crippen molar-refractivity contribution in [2.24, 2.45) is 0 Å². The van der Waals surface area contributed by atoms with Gasteiger partial charge in [-0.1, -0.05) is 18.2 Å². The Hall–Kier alpha value is -2.42. The Balaban J connectivity index is 1.42. The lowest BCUT2D eigenvalue weighted by atomic mass is 10.0. The molecule has 5 rings (SSSR count). The standard InChI is InChI=1S/C25H29N3O3S2/c1-15(2)31-23-12-7-16(13-22(23)26-3)25-27-14-24(32-25)20-6-4-5-19-18(20)10-11-21(19)28-33(29,30)17-8-9-17/h4-7,12-15,17,21,26,28H,8-11H2,1-3H3/t21-/m0/s1. The fraction of sp³-hybridized carbons (Fsp3) is 0.400. The molecular formula is C25H29N3O3S2. The Kier molecular flexibility index (Phi) is 5.93.